The average Bonchev–Trinajstić information content (AvgIpc) is 2.92. The summed E-state index contributed by atoms with van der Waals surface area (Å²) in [6.07, 6.45) is 4.99. The van der Waals surface area contributed by atoms with Gasteiger partial charge in [-0.1, -0.05) is 13.8 Å². The van der Waals surface area contributed by atoms with Gasteiger partial charge in [-0.05, 0) is 77.0 Å². The van der Waals surface area contributed by atoms with E-state index in [1.165, 1.54) is 19.3 Å². The molecule has 0 saturated heterocycles. The van der Waals surface area contributed by atoms with Crippen LogP contribution in [0.1, 0.15) is 46.5 Å². The predicted molar refractivity (Wildman–Crippen MR) is 87.2 cm³/mol. The number of hydrogen-bond acceptors (Lipinski definition) is 3. The van der Waals surface area contributed by atoms with Crippen LogP contribution in [0.15, 0.2) is 0 Å². The van der Waals surface area contributed by atoms with Crippen molar-refractivity contribution in [1.82, 2.24) is 15.5 Å². The predicted octanol–water partition coefficient (Wildman–Crippen LogP) is 1.86. The van der Waals surface area contributed by atoms with Gasteiger partial charge in [0.25, 0.3) is 0 Å². The molecule has 21 heavy (non-hydrogen) atoms. The summed E-state index contributed by atoms with van der Waals surface area (Å²) in [6.45, 7) is 9.33. The fourth-order valence-electron chi connectivity index (χ4n) is 4.43. The Balaban J connectivity index is 1.77. The first kappa shape index (κ1) is 16.8. The highest BCUT2D eigenvalue weighted by molar-refractivity contribution is 5.79. The Hall–Kier alpha value is -0.610. The van der Waals surface area contributed by atoms with E-state index in [1.54, 1.807) is 0 Å². The molecule has 0 aliphatic heterocycles. The number of carbonyl (C=O) groups excluding carboxylic acids is 1. The van der Waals surface area contributed by atoms with Crippen LogP contribution in [-0.2, 0) is 4.79 Å². The van der Waals surface area contributed by atoms with Crippen LogP contribution in [0, 0.1) is 17.3 Å². The fraction of sp³-hybridized carbons (Fsp3) is 0.941. The van der Waals surface area contributed by atoms with Gasteiger partial charge in [0, 0.05) is 5.54 Å². The molecular formula is C17H33N3O. The lowest BCUT2D eigenvalue weighted by Gasteiger charge is -2.48. The molecule has 1 amide bonds. The molecule has 2 rings (SSSR count). The highest BCUT2D eigenvalue weighted by atomic mass is 16.2. The van der Waals surface area contributed by atoms with Crippen LogP contribution >= 0.6 is 0 Å². The summed E-state index contributed by atoms with van der Waals surface area (Å²) in [7, 11) is 4.15. The molecule has 2 aliphatic rings. The van der Waals surface area contributed by atoms with Crippen LogP contribution in [0.25, 0.3) is 0 Å². The molecule has 2 saturated carbocycles. The SMILES string of the molecule is CN(C)CCCNCC(=O)N[C@]1(C)[C@H]2CC[C@@H](C2)C1(C)C. The maximum atomic E-state index is 12.3. The van der Waals surface area contributed by atoms with E-state index in [1.807, 2.05) is 0 Å². The number of fused-ring (bicyclic) bond motifs is 2. The Morgan fingerprint density at radius 2 is 1.86 bits per heavy atom. The molecule has 2 aliphatic carbocycles. The van der Waals surface area contributed by atoms with Crippen molar-refractivity contribution < 1.29 is 4.79 Å². The molecule has 0 heterocycles. The van der Waals surface area contributed by atoms with Gasteiger partial charge in [-0.15, -0.1) is 0 Å². The van der Waals surface area contributed by atoms with Gasteiger partial charge < -0.3 is 15.5 Å². The maximum absolute atomic E-state index is 12.3. The zero-order valence-electron chi connectivity index (χ0n) is 14.5. The van der Waals surface area contributed by atoms with Gasteiger partial charge >= 0.3 is 0 Å². The van der Waals surface area contributed by atoms with Crippen LogP contribution in [0.5, 0.6) is 0 Å². The molecule has 0 aromatic carbocycles. The van der Waals surface area contributed by atoms with Crippen LogP contribution in [0.2, 0.25) is 0 Å². The summed E-state index contributed by atoms with van der Waals surface area (Å²) < 4.78 is 0. The minimum atomic E-state index is -0.0294. The Bertz CT molecular complexity index is 380. The van der Waals surface area contributed by atoms with Crippen molar-refractivity contribution in [3.05, 3.63) is 0 Å². The highest BCUT2D eigenvalue weighted by Crippen LogP contribution is 2.61. The van der Waals surface area contributed by atoms with E-state index >= 15 is 0 Å². The Labute approximate surface area is 130 Å². The summed E-state index contributed by atoms with van der Waals surface area (Å²) >= 11 is 0. The van der Waals surface area contributed by atoms with Crippen molar-refractivity contribution in [2.75, 3.05) is 33.7 Å². The van der Waals surface area contributed by atoms with Crippen molar-refractivity contribution in [1.29, 1.82) is 0 Å². The molecule has 2 bridgehead atoms. The number of nitrogens with one attached hydrogen (secondary N) is 2. The minimum absolute atomic E-state index is 0.0294. The fourth-order valence-corrected chi connectivity index (χ4v) is 4.43. The van der Waals surface area contributed by atoms with Crippen molar-refractivity contribution in [2.45, 2.75) is 52.0 Å². The summed E-state index contributed by atoms with van der Waals surface area (Å²) in [6, 6.07) is 0. The third kappa shape index (κ3) is 3.26. The lowest BCUT2D eigenvalue weighted by atomic mass is 9.64. The summed E-state index contributed by atoms with van der Waals surface area (Å²) in [5.74, 6) is 1.60. The Morgan fingerprint density at radius 3 is 2.43 bits per heavy atom. The highest BCUT2D eigenvalue weighted by Gasteiger charge is 2.60. The van der Waals surface area contributed by atoms with Gasteiger partial charge in [0.15, 0.2) is 0 Å². The zero-order valence-corrected chi connectivity index (χ0v) is 14.5. The molecule has 0 aromatic heterocycles. The number of amides is 1. The molecule has 2 N–H and O–H groups in total. The number of carbonyl (C=O) groups is 1. The Morgan fingerprint density at radius 1 is 1.19 bits per heavy atom. The second-order valence-corrected chi connectivity index (χ2v) is 8.01. The van der Waals surface area contributed by atoms with E-state index < -0.39 is 0 Å². The molecule has 4 nitrogen and oxygen atoms in total. The van der Waals surface area contributed by atoms with Crippen molar-refractivity contribution in [3.8, 4) is 0 Å². The number of hydrogen-bond donors (Lipinski definition) is 2. The topological polar surface area (TPSA) is 44.4 Å². The van der Waals surface area contributed by atoms with Gasteiger partial charge in [0.2, 0.25) is 5.91 Å². The summed E-state index contributed by atoms with van der Waals surface area (Å²) in [5.41, 5.74) is 0.189. The van der Waals surface area contributed by atoms with Crippen molar-refractivity contribution in [2.24, 2.45) is 17.3 Å². The first-order chi connectivity index (χ1) is 9.77. The molecule has 0 unspecified atom stereocenters. The van der Waals surface area contributed by atoms with Crippen LogP contribution in [-0.4, -0.2) is 50.1 Å². The zero-order chi connectivity index (χ0) is 15.7. The molecule has 0 aromatic rings. The van der Waals surface area contributed by atoms with E-state index in [9.17, 15) is 4.79 Å². The molecule has 2 fully saturated rings. The number of nitrogens with zero attached hydrogens (tertiary/aromatic N) is 1. The van der Waals surface area contributed by atoms with Crippen LogP contribution < -0.4 is 10.6 Å². The smallest absolute Gasteiger partial charge is 0.234 e. The number of rotatable bonds is 7. The van der Waals surface area contributed by atoms with Gasteiger partial charge in [-0.2, -0.15) is 0 Å². The Kier molecular flexibility index (Phi) is 4.99. The third-order valence-electron chi connectivity index (χ3n) is 6.25. The molecule has 122 valence electrons. The molecule has 4 heteroatoms. The molecule has 3 atom stereocenters. The molecule has 0 radical (unpaired) electrons. The normalized spacial score (nSPS) is 33.6. The summed E-state index contributed by atoms with van der Waals surface area (Å²) in [4.78, 5) is 14.4. The second-order valence-electron chi connectivity index (χ2n) is 8.01. The second kappa shape index (κ2) is 6.25. The van der Waals surface area contributed by atoms with E-state index in [2.05, 4.69) is 50.4 Å². The standard InChI is InChI=1S/C17H33N3O/c1-16(2)13-7-8-14(11-13)17(16,3)19-15(21)12-18-9-6-10-20(4)5/h13-14,18H,6-12H2,1-5H3,(H,19,21)/t13-,14-,17+/m0/s1. The molecule has 0 spiro atoms. The lowest BCUT2D eigenvalue weighted by Crippen LogP contribution is -2.60. The van der Waals surface area contributed by atoms with Crippen LogP contribution in [0.3, 0.4) is 0 Å². The lowest BCUT2D eigenvalue weighted by molar-refractivity contribution is -0.124. The van der Waals surface area contributed by atoms with Gasteiger partial charge in [0.05, 0.1) is 6.54 Å². The van der Waals surface area contributed by atoms with Gasteiger partial charge in [-0.25, -0.2) is 0 Å². The molecular weight excluding hydrogens is 262 g/mol. The van der Waals surface area contributed by atoms with Crippen LogP contribution in [0.4, 0.5) is 0 Å². The summed E-state index contributed by atoms with van der Waals surface area (Å²) in [5, 5.41) is 6.63. The van der Waals surface area contributed by atoms with E-state index in [-0.39, 0.29) is 16.9 Å². The van der Waals surface area contributed by atoms with Crippen molar-refractivity contribution in [3.63, 3.8) is 0 Å². The van der Waals surface area contributed by atoms with Gasteiger partial charge in [-0.3, -0.25) is 4.79 Å². The third-order valence-corrected chi connectivity index (χ3v) is 6.25. The first-order valence-corrected chi connectivity index (χ1v) is 8.44. The van der Waals surface area contributed by atoms with Crippen molar-refractivity contribution >= 4 is 5.91 Å². The van der Waals surface area contributed by atoms with E-state index in [0.29, 0.717) is 12.5 Å². The monoisotopic (exact) mass is 295 g/mol. The van der Waals surface area contributed by atoms with E-state index in [4.69, 9.17) is 0 Å². The van der Waals surface area contributed by atoms with Gasteiger partial charge in [0.1, 0.15) is 0 Å². The minimum Gasteiger partial charge on any atom is -0.349 e. The quantitative estimate of drug-likeness (QED) is 0.705. The first-order valence-electron chi connectivity index (χ1n) is 8.44. The van der Waals surface area contributed by atoms with E-state index in [0.717, 1.165) is 25.4 Å². The maximum Gasteiger partial charge on any atom is 0.234 e. The largest absolute Gasteiger partial charge is 0.349 e. The average molecular weight is 295 g/mol.